The van der Waals surface area contributed by atoms with E-state index in [-0.39, 0.29) is 11.6 Å². The molecule has 2 heterocycles. The number of carbonyl (C=O) groups is 1. The number of hydrogen-bond donors (Lipinski definition) is 2. The molecule has 0 saturated heterocycles. The molecule has 2 N–H and O–H groups in total. The highest BCUT2D eigenvalue weighted by molar-refractivity contribution is 5.92. The van der Waals surface area contributed by atoms with Crippen molar-refractivity contribution in [2.45, 2.75) is 19.6 Å². The number of rotatable bonds is 8. The smallest absolute Gasteiger partial charge is 0.273 e. The summed E-state index contributed by atoms with van der Waals surface area (Å²) in [5.41, 5.74) is 2.31. The molecular formula is C19H20N4O3. The molecule has 1 amide bonds. The fourth-order valence-electron chi connectivity index (χ4n) is 2.35. The normalized spacial score (nSPS) is 10.5. The van der Waals surface area contributed by atoms with E-state index in [9.17, 15) is 4.79 Å². The van der Waals surface area contributed by atoms with Crippen LogP contribution in [0.2, 0.25) is 0 Å². The maximum absolute atomic E-state index is 12.2. The van der Waals surface area contributed by atoms with Gasteiger partial charge in [-0.1, -0.05) is 23.4 Å². The molecule has 0 fully saturated rings. The number of nitrogens with one attached hydrogen (secondary N) is 2. The summed E-state index contributed by atoms with van der Waals surface area (Å²) in [5.74, 6) is 1.10. The monoisotopic (exact) mass is 352 g/mol. The third-order valence-corrected chi connectivity index (χ3v) is 3.75. The summed E-state index contributed by atoms with van der Waals surface area (Å²) < 4.78 is 10.3. The number of ether oxygens (including phenoxy) is 1. The zero-order chi connectivity index (χ0) is 18.2. The number of carbonyl (C=O) groups excluding carboxylic acids is 1. The molecule has 7 heteroatoms. The highest BCUT2D eigenvalue weighted by Crippen LogP contribution is 2.11. The van der Waals surface area contributed by atoms with E-state index in [4.69, 9.17) is 9.26 Å². The molecule has 0 saturated carbocycles. The molecule has 0 spiro atoms. The second-order valence-electron chi connectivity index (χ2n) is 5.67. The number of nitrogens with zero attached hydrogens (tertiary/aromatic N) is 2. The Labute approximate surface area is 151 Å². The van der Waals surface area contributed by atoms with Gasteiger partial charge in [0.1, 0.15) is 5.75 Å². The van der Waals surface area contributed by atoms with E-state index in [1.807, 2.05) is 36.4 Å². The number of amides is 1. The van der Waals surface area contributed by atoms with Crippen LogP contribution in [0.1, 0.15) is 27.4 Å². The molecule has 0 bridgehead atoms. The lowest BCUT2D eigenvalue weighted by atomic mass is 10.2. The lowest BCUT2D eigenvalue weighted by Gasteiger charge is -2.04. The van der Waals surface area contributed by atoms with Crippen LogP contribution >= 0.6 is 0 Å². The first kappa shape index (κ1) is 17.6. The summed E-state index contributed by atoms with van der Waals surface area (Å²) in [4.78, 5) is 16.2. The van der Waals surface area contributed by atoms with Crippen LogP contribution in [0.25, 0.3) is 0 Å². The quantitative estimate of drug-likeness (QED) is 0.647. The van der Waals surface area contributed by atoms with Crippen molar-refractivity contribution in [1.82, 2.24) is 20.8 Å². The van der Waals surface area contributed by atoms with Crippen LogP contribution in [-0.2, 0) is 19.6 Å². The van der Waals surface area contributed by atoms with Gasteiger partial charge in [0.25, 0.3) is 5.91 Å². The maximum Gasteiger partial charge on any atom is 0.273 e. The number of methoxy groups -OCH3 is 1. The van der Waals surface area contributed by atoms with Gasteiger partial charge in [0.15, 0.2) is 11.5 Å². The first-order chi connectivity index (χ1) is 12.7. The van der Waals surface area contributed by atoms with Crippen molar-refractivity contribution >= 4 is 5.91 Å². The van der Waals surface area contributed by atoms with Gasteiger partial charge in [-0.3, -0.25) is 9.78 Å². The third kappa shape index (κ3) is 4.90. The van der Waals surface area contributed by atoms with Crippen LogP contribution in [0.3, 0.4) is 0 Å². The minimum absolute atomic E-state index is 0.261. The van der Waals surface area contributed by atoms with E-state index in [1.165, 1.54) is 0 Å². The van der Waals surface area contributed by atoms with Gasteiger partial charge in [-0.25, -0.2) is 0 Å². The van der Waals surface area contributed by atoms with Gasteiger partial charge in [0.05, 0.1) is 13.7 Å². The van der Waals surface area contributed by atoms with Crippen LogP contribution in [0.15, 0.2) is 59.4 Å². The van der Waals surface area contributed by atoms with Crippen LogP contribution in [-0.4, -0.2) is 23.2 Å². The SMILES string of the molecule is COc1ccc(CNC(=O)c2cc(CNCc3cccnc3)on2)cc1. The van der Waals surface area contributed by atoms with E-state index in [2.05, 4.69) is 20.8 Å². The number of aromatic nitrogens is 2. The third-order valence-electron chi connectivity index (χ3n) is 3.75. The minimum Gasteiger partial charge on any atom is -0.497 e. The van der Waals surface area contributed by atoms with Gasteiger partial charge in [0.2, 0.25) is 0 Å². The molecule has 134 valence electrons. The largest absolute Gasteiger partial charge is 0.497 e. The van der Waals surface area contributed by atoms with Crippen molar-refractivity contribution in [2.75, 3.05) is 7.11 Å². The highest BCUT2D eigenvalue weighted by Gasteiger charge is 2.12. The van der Waals surface area contributed by atoms with Crippen molar-refractivity contribution < 1.29 is 14.1 Å². The lowest BCUT2D eigenvalue weighted by molar-refractivity contribution is 0.0941. The fourth-order valence-corrected chi connectivity index (χ4v) is 2.35. The molecular weight excluding hydrogens is 332 g/mol. The molecule has 0 unspecified atom stereocenters. The molecule has 3 rings (SSSR count). The zero-order valence-electron chi connectivity index (χ0n) is 14.4. The second kappa shape index (κ2) is 8.77. The molecule has 1 aromatic carbocycles. The van der Waals surface area contributed by atoms with Crippen molar-refractivity contribution in [3.63, 3.8) is 0 Å². The average Bonchev–Trinajstić information content (AvgIpc) is 3.16. The number of pyridine rings is 1. The minimum atomic E-state index is -0.275. The van der Waals surface area contributed by atoms with Crippen molar-refractivity contribution in [2.24, 2.45) is 0 Å². The summed E-state index contributed by atoms with van der Waals surface area (Å²) >= 11 is 0. The molecule has 0 aliphatic heterocycles. The molecule has 2 aromatic heterocycles. The molecule has 7 nitrogen and oxygen atoms in total. The van der Waals surface area contributed by atoms with E-state index in [0.29, 0.717) is 25.4 Å². The molecule has 0 aliphatic carbocycles. The van der Waals surface area contributed by atoms with Gasteiger partial charge in [-0.05, 0) is 29.3 Å². The van der Waals surface area contributed by atoms with Crippen LogP contribution < -0.4 is 15.4 Å². The predicted octanol–water partition coefficient (Wildman–Crippen LogP) is 2.30. The maximum atomic E-state index is 12.2. The van der Waals surface area contributed by atoms with Gasteiger partial charge < -0.3 is 19.9 Å². The van der Waals surface area contributed by atoms with Gasteiger partial charge >= 0.3 is 0 Å². The van der Waals surface area contributed by atoms with E-state index >= 15 is 0 Å². The molecule has 0 aliphatic rings. The van der Waals surface area contributed by atoms with Gasteiger partial charge in [-0.2, -0.15) is 0 Å². The van der Waals surface area contributed by atoms with Crippen molar-refractivity contribution in [3.8, 4) is 5.75 Å². The number of hydrogen-bond acceptors (Lipinski definition) is 6. The van der Waals surface area contributed by atoms with E-state index < -0.39 is 0 Å². The standard InChI is InChI=1S/C19H20N4O3/c1-25-16-6-4-14(5-7-16)12-22-19(24)18-9-17(26-23-18)13-21-11-15-3-2-8-20-10-15/h2-10,21H,11-13H2,1H3,(H,22,24). The first-order valence-corrected chi connectivity index (χ1v) is 8.21. The fraction of sp³-hybridized carbons (Fsp3) is 0.211. The summed E-state index contributed by atoms with van der Waals surface area (Å²) in [5, 5.41) is 9.86. The zero-order valence-corrected chi connectivity index (χ0v) is 14.4. The Bertz CT molecular complexity index is 832. The summed E-state index contributed by atoms with van der Waals surface area (Å²) in [6, 6.07) is 13.0. The summed E-state index contributed by atoms with van der Waals surface area (Å²) in [7, 11) is 1.62. The van der Waals surface area contributed by atoms with Crippen LogP contribution in [0, 0.1) is 0 Å². The molecule has 3 aromatic rings. The second-order valence-corrected chi connectivity index (χ2v) is 5.67. The highest BCUT2D eigenvalue weighted by atomic mass is 16.5. The molecule has 26 heavy (non-hydrogen) atoms. The van der Waals surface area contributed by atoms with Crippen molar-refractivity contribution in [3.05, 3.63) is 77.4 Å². The van der Waals surface area contributed by atoms with Crippen LogP contribution in [0.5, 0.6) is 5.75 Å². The predicted molar refractivity (Wildman–Crippen MR) is 95.4 cm³/mol. The van der Waals surface area contributed by atoms with E-state index in [0.717, 1.165) is 16.9 Å². The van der Waals surface area contributed by atoms with Gasteiger partial charge in [0, 0.05) is 31.5 Å². The number of benzene rings is 1. The van der Waals surface area contributed by atoms with Crippen LogP contribution in [0.4, 0.5) is 0 Å². The summed E-state index contributed by atoms with van der Waals surface area (Å²) in [6.07, 6.45) is 3.53. The Hall–Kier alpha value is -3.19. The lowest BCUT2D eigenvalue weighted by Crippen LogP contribution is -2.23. The van der Waals surface area contributed by atoms with E-state index in [1.54, 1.807) is 25.6 Å². The Balaban J connectivity index is 1.46. The Morgan fingerprint density at radius 2 is 1.96 bits per heavy atom. The topological polar surface area (TPSA) is 89.3 Å². The molecule has 0 radical (unpaired) electrons. The Morgan fingerprint density at radius 3 is 2.69 bits per heavy atom. The Kier molecular flexibility index (Phi) is 5.95. The Morgan fingerprint density at radius 1 is 1.12 bits per heavy atom. The first-order valence-electron chi connectivity index (χ1n) is 8.21. The van der Waals surface area contributed by atoms with Crippen molar-refractivity contribution in [1.29, 1.82) is 0 Å². The summed E-state index contributed by atoms with van der Waals surface area (Å²) in [6.45, 7) is 1.55. The average molecular weight is 352 g/mol. The van der Waals surface area contributed by atoms with Gasteiger partial charge in [-0.15, -0.1) is 0 Å². The molecule has 0 atom stereocenters.